The molecule has 1 saturated heterocycles. The highest BCUT2D eigenvalue weighted by Crippen LogP contribution is 2.32. The highest BCUT2D eigenvalue weighted by atomic mass is 16.5. The van der Waals surface area contributed by atoms with Gasteiger partial charge in [0.15, 0.2) is 0 Å². The van der Waals surface area contributed by atoms with Crippen LogP contribution in [0.3, 0.4) is 0 Å². The minimum absolute atomic E-state index is 0.472. The Morgan fingerprint density at radius 3 is 2.38 bits per heavy atom. The Morgan fingerprint density at radius 2 is 1.81 bits per heavy atom. The van der Waals surface area contributed by atoms with Gasteiger partial charge in [0.25, 0.3) is 0 Å². The van der Waals surface area contributed by atoms with Crippen LogP contribution in [0.2, 0.25) is 0 Å². The second-order valence-electron chi connectivity index (χ2n) is 5.09. The Kier molecular flexibility index (Phi) is 3.49. The third kappa shape index (κ3) is 2.76. The Morgan fingerprint density at radius 1 is 1.19 bits per heavy atom. The van der Waals surface area contributed by atoms with Crippen molar-refractivity contribution in [2.75, 3.05) is 20.2 Å². The molecule has 0 saturated carbocycles. The van der Waals surface area contributed by atoms with E-state index >= 15 is 0 Å². The summed E-state index contributed by atoms with van der Waals surface area (Å²) in [5, 5.41) is 3.42. The van der Waals surface area contributed by atoms with Crippen LogP contribution in [0.5, 0.6) is 5.75 Å². The van der Waals surface area contributed by atoms with Crippen molar-refractivity contribution in [1.29, 1.82) is 0 Å². The van der Waals surface area contributed by atoms with Gasteiger partial charge in [0.1, 0.15) is 5.75 Å². The quantitative estimate of drug-likeness (QED) is 0.843. The van der Waals surface area contributed by atoms with Gasteiger partial charge in [0, 0.05) is 0 Å². The van der Waals surface area contributed by atoms with Crippen LogP contribution in [-0.2, 0) is 6.42 Å². The number of benzene rings is 1. The normalized spacial score (nSPS) is 19.4. The molecular weight excluding hydrogens is 198 g/mol. The summed E-state index contributed by atoms with van der Waals surface area (Å²) < 4.78 is 5.17. The van der Waals surface area contributed by atoms with E-state index in [1.807, 2.05) is 0 Å². The summed E-state index contributed by atoms with van der Waals surface area (Å²) in [6.07, 6.45) is 3.73. The molecule has 1 aromatic rings. The Balaban J connectivity index is 2.01. The van der Waals surface area contributed by atoms with Crippen molar-refractivity contribution in [3.63, 3.8) is 0 Å². The van der Waals surface area contributed by atoms with Gasteiger partial charge in [-0.2, -0.15) is 0 Å². The molecule has 16 heavy (non-hydrogen) atoms. The van der Waals surface area contributed by atoms with E-state index in [1.54, 1.807) is 7.11 Å². The zero-order chi connectivity index (χ0) is 11.4. The average molecular weight is 219 g/mol. The topological polar surface area (TPSA) is 21.3 Å². The molecule has 0 aromatic heterocycles. The predicted octanol–water partition coefficient (Wildman–Crippen LogP) is 2.63. The van der Waals surface area contributed by atoms with Gasteiger partial charge in [0.05, 0.1) is 7.11 Å². The Bertz CT molecular complexity index is 325. The minimum Gasteiger partial charge on any atom is -0.497 e. The maximum absolute atomic E-state index is 5.17. The fourth-order valence-electron chi connectivity index (χ4n) is 2.44. The molecule has 2 nitrogen and oxygen atoms in total. The second-order valence-corrected chi connectivity index (χ2v) is 5.09. The van der Waals surface area contributed by atoms with Crippen LogP contribution < -0.4 is 10.1 Å². The fraction of sp³-hybridized carbons (Fsp3) is 0.571. The number of ether oxygens (including phenoxy) is 1. The first kappa shape index (κ1) is 11.5. The maximum atomic E-state index is 5.17. The van der Waals surface area contributed by atoms with E-state index in [0.29, 0.717) is 5.41 Å². The Labute approximate surface area is 98.0 Å². The van der Waals surface area contributed by atoms with Crippen LogP contribution >= 0.6 is 0 Å². The molecule has 0 radical (unpaired) electrons. The van der Waals surface area contributed by atoms with E-state index in [1.165, 1.54) is 24.8 Å². The van der Waals surface area contributed by atoms with Crippen molar-refractivity contribution in [3.8, 4) is 5.75 Å². The molecule has 1 fully saturated rings. The molecule has 1 aliphatic heterocycles. The van der Waals surface area contributed by atoms with E-state index in [9.17, 15) is 0 Å². The van der Waals surface area contributed by atoms with Gasteiger partial charge in [-0.3, -0.25) is 0 Å². The van der Waals surface area contributed by atoms with Crippen LogP contribution in [0.15, 0.2) is 24.3 Å². The van der Waals surface area contributed by atoms with Crippen LogP contribution in [0.4, 0.5) is 0 Å². The molecule has 88 valence electrons. The summed E-state index contributed by atoms with van der Waals surface area (Å²) in [5.74, 6) is 0.944. The number of hydrogen-bond acceptors (Lipinski definition) is 2. The molecule has 0 unspecified atom stereocenters. The molecule has 2 rings (SSSR count). The fourth-order valence-corrected chi connectivity index (χ4v) is 2.44. The van der Waals surface area contributed by atoms with Gasteiger partial charge < -0.3 is 10.1 Å². The molecule has 2 heteroatoms. The molecule has 1 heterocycles. The summed E-state index contributed by atoms with van der Waals surface area (Å²) in [4.78, 5) is 0. The van der Waals surface area contributed by atoms with Gasteiger partial charge in [-0.1, -0.05) is 19.1 Å². The maximum Gasteiger partial charge on any atom is 0.118 e. The van der Waals surface area contributed by atoms with Gasteiger partial charge in [-0.25, -0.2) is 0 Å². The molecule has 1 aromatic carbocycles. The lowest BCUT2D eigenvalue weighted by Crippen LogP contribution is -2.36. The van der Waals surface area contributed by atoms with E-state index < -0.39 is 0 Å². The summed E-state index contributed by atoms with van der Waals surface area (Å²) in [6.45, 7) is 4.72. The van der Waals surface area contributed by atoms with E-state index in [0.717, 1.165) is 18.8 Å². The zero-order valence-electron chi connectivity index (χ0n) is 10.3. The lowest BCUT2D eigenvalue weighted by molar-refractivity contribution is 0.228. The predicted molar refractivity (Wildman–Crippen MR) is 66.9 cm³/mol. The molecule has 0 spiro atoms. The molecule has 0 bridgehead atoms. The lowest BCUT2D eigenvalue weighted by atomic mass is 9.76. The first-order valence-electron chi connectivity index (χ1n) is 6.06. The van der Waals surface area contributed by atoms with Gasteiger partial charge in [0.2, 0.25) is 0 Å². The standard InChI is InChI=1S/C14H21NO/c1-14(7-9-15-10-8-14)11-12-3-5-13(16-2)6-4-12/h3-6,15H,7-11H2,1-2H3. The van der Waals surface area contributed by atoms with E-state index in [4.69, 9.17) is 4.74 Å². The second kappa shape index (κ2) is 4.88. The largest absolute Gasteiger partial charge is 0.497 e. The number of hydrogen-bond donors (Lipinski definition) is 1. The smallest absolute Gasteiger partial charge is 0.118 e. The van der Waals surface area contributed by atoms with Gasteiger partial charge >= 0.3 is 0 Å². The van der Waals surface area contributed by atoms with Gasteiger partial charge in [-0.15, -0.1) is 0 Å². The molecule has 1 aliphatic rings. The van der Waals surface area contributed by atoms with Crippen molar-refractivity contribution in [2.45, 2.75) is 26.2 Å². The van der Waals surface area contributed by atoms with E-state index in [-0.39, 0.29) is 0 Å². The third-order valence-electron chi connectivity index (χ3n) is 3.60. The average Bonchev–Trinajstić information content (AvgIpc) is 2.30. The van der Waals surface area contributed by atoms with Crippen LogP contribution in [0.25, 0.3) is 0 Å². The third-order valence-corrected chi connectivity index (χ3v) is 3.60. The highest BCUT2D eigenvalue weighted by Gasteiger charge is 2.26. The molecule has 1 N–H and O–H groups in total. The molecule has 0 atom stereocenters. The summed E-state index contributed by atoms with van der Waals surface area (Å²) in [7, 11) is 1.71. The van der Waals surface area contributed by atoms with Crippen molar-refractivity contribution < 1.29 is 4.74 Å². The number of nitrogens with one attached hydrogen (secondary N) is 1. The summed E-state index contributed by atoms with van der Waals surface area (Å²) >= 11 is 0. The number of rotatable bonds is 3. The van der Waals surface area contributed by atoms with Gasteiger partial charge in [-0.05, 0) is 55.5 Å². The van der Waals surface area contributed by atoms with Crippen LogP contribution in [0, 0.1) is 5.41 Å². The SMILES string of the molecule is COc1ccc(CC2(C)CCNCC2)cc1. The van der Waals surface area contributed by atoms with E-state index in [2.05, 4.69) is 36.5 Å². The highest BCUT2D eigenvalue weighted by molar-refractivity contribution is 5.27. The Hall–Kier alpha value is -1.02. The van der Waals surface area contributed by atoms with Crippen molar-refractivity contribution in [3.05, 3.63) is 29.8 Å². The number of piperidine rings is 1. The van der Waals surface area contributed by atoms with Crippen molar-refractivity contribution in [1.82, 2.24) is 5.32 Å². The number of methoxy groups -OCH3 is 1. The lowest BCUT2D eigenvalue weighted by Gasteiger charge is -2.34. The van der Waals surface area contributed by atoms with Crippen LogP contribution in [0.1, 0.15) is 25.3 Å². The zero-order valence-corrected chi connectivity index (χ0v) is 10.3. The first-order valence-corrected chi connectivity index (χ1v) is 6.06. The molecule has 0 aliphatic carbocycles. The van der Waals surface area contributed by atoms with Crippen LogP contribution in [-0.4, -0.2) is 20.2 Å². The van der Waals surface area contributed by atoms with Crippen molar-refractivity contribution >= 4 is 0 Å². The summed E-state index contributed by atoms with van der Waals surface area (Å²) in [6, 6.07) is 8.48. The molecule has 0 amide bonds. The minimum atomic E-state index is 0.472. The summed E-state index contributed by atoms with van der Waals surface area (Å²) in [5.41, 5.74) is 1.89. The monoisotopic (exact) mass is 219 g/mol. The first-order chi connectivity index (χ1) is 7.72. The molecular formula is C14H21NO. The van der Waals surface area contributed by atoms with Crippen molar-refractivity contribution in [2.24, 2.45) is 5.41 Å².